The van der Waals surface area contributed by atoms with Crippen LogP contribution in [-0.4, -0.2) is 51.3 Å². The van der Waals surface area contributed by atoms with E-state index in [9.17, 15) is 9.59 Å². The van der Waals surface area contributed by atoms with Gasteiger partial charge in [0.1, 0.15) is 5.56 Å². The number of halogens is 1. The Morgan fingerprint density at radius 3 is 2.76 bits per heavy atom. The molecular formula is C16H15ClN4O2S2. The van der Waals surface area contributed by atoms with E-state index in [1.165, 1.54) is 26.8 Å². The van der Waals surface area contributed by atoms with Gasteiger partial charge in [0.25, 0.3) is 11.5 Å². The molecule has 1 fully saturated rings. The van der Waals surface area contributed by atoms with Gasteiger partial charge < -0.3 is 4.90 Å². The summed E-state index contributed by atoms with van der Waals surface area (Å²) in [5, 5.41) is 1.79. The zero-order valence-electron chi connectivity index (χ0n) is 13.2. The molecule has 3 aromatic rings. The number of carbonyl (C=O) groups excluding carboxylic acids is 1. The molecule has 4 rings (SSSR count). The number of fused-ring (bicyclic) bond motifs is 1. The quantitative estimate of drug-likeness (QED) is 0.684. The normalized spacial score (nSPS) is 15.8. The van der Waals surface area contributed by atoms with Crippen LogP contribution in [0.25, 0.3) is 4.96 Å². The van der Waals surface area contributed by atoms with Gasteiger partial charge in [-0.3, -0.25) is 18.9 Å². The van der Waals surface area contributed by atoms with Crippen molar-refractivity contribution in [2.24, 2.45) is 0 Å². The molecule has 0 radical (unpaired) electrons. The maximum Gasteiger partial charge on any atom is 0.271 e. The molecule has 0 bridgehead atoms. The number of rotatable bonds is 3. The van der Waals surface area contributed by atoms with Crippen LogP contribution in [0.15, 0.2) is 34.7 Å². The molecule has 4 heterocycles. The predicted octanol–water partition coefficient (Wildman–Crippen LogP) is 2.43. The van der Waals surface area contributed by atoms with Gasteiger partial charge in [0.05, 0.1) is 4.34 Å². The molecule has 0 atom stereocenters. The first-order valence-corrected chi connectivity index (χ1v) is 9.90. The lowest BCUT2D eigenvalue weighted by molar-refractivity contribution is 0.0627. The minimum Gasteiger partial charge on any atom is -0.336 e. The van der Waals surface area contributed by atoms with Gasteiger partial charge in [-0.25, -0.2) is 4.98 Å². The van der Waals surface area contributed by atoms with Crippen LogP contribution in [-0.2, 0) is 6.54 Å². The summed E-state index contributed by atoms with van der Waals surface area (Å²) in [5.41, 5.74) is -0.165. The molecular weight excluding hydrogens is 380 g/mol. The van der Waals surface area contributed by atoms with Crippen LogP contribution in [0.2, 0.25) is 4.34 Å². The Morgan fingerprint density at radius 1 is 1.24 bits per heavy atom. The highest BCUT2D eigenvalue weighted by Crippen LogP contribution is 2.23. The molecule has 0 aliphatic carbocycles. The molecule has 9 heteroatoms. The monoisotopic (exact) mass is 394 g/mol. The van der Waals surface area contributed by atoms with E-state index in [-0.39, 0.29) is 17.0 Å². The number of nitrogens with zero attached hydrogens (tertiary/aromatic N) is 4. The molecule has 6 nitrogen and oxygen atoms in total. The molecule has 3 aromatic heterocycles. The number of thiazole rings is 1. The lowest BCUT2D eigenvalue weighted by Gasteiger charge is -2.34. The van der Waals surface area contributed by atoms with Gasteiger partial charge in [-0.2, -0.15) is 0 Å². The van der Waals surface area contributed by atoms with Crippen molar-refractivity contribution >= 4 is 45.1 Å². The molecule has 1 aliphatic rings. The molecule has 130 valence electrons. The highest BCUT2D eigenvalue weighted by Gasteiger charge is 2.25. The van der Waals surface area contributed by atoms with E-state index in [2.05, 4.69) is 9.88 Å². The molecule has 0 aromatic carbocycles. The SMILES string of the molecule is O=C(c1cnc2sccn2c1=O)N1CCN(Cc2ccc(Cl)s2)CC1. The fourth-order valence-electron chi connectivity index (χ4n) is 2.91. The Labute approximate surface area is 156 Å². The number of hydrogen-bond donors (Lipinski definition) is 0. The van der Waals surface area contributed by atoms with Crippen LogP contribution >= 0.6 is 34.3 Å². The minimum atomic E-state index is -0.299. The maximum atomic E-state index is 12.7. The fourth-order valence-corrected chi connectivity index (χ4v) is 4.71. The molecule has 1 saturated heterocycles. The van der Waals surface area contributed by atoms with Gasteiger partial charge in [-0.15, -0.1) is 22.7 Å². The third kappa shape index (κ3) is 3.35. The van der Waals surface area contributed by atoms with E-state index >= 15 is 0 Å². The van der Waals surface area contributed by atoms with E-state index in [0.29, 0.717) is 18.1 Å². The van der Waals surface area contributed by atoms with Gasteiger partial charge in [0.2, 0.25) is 0 Å². The van der Waals surface area contributed by atoms with E-state index < -0.39 is 0 Å². The van der Waals surface area contributed by atoms with Crippen molar-refractivity contribution in [3.63, 3.8) is 0 Å². The first-order valence-electron chi connectivity index (χ1n) is 7.82. The smallest absolute Gasteiger partial charge is 0.271 e. The minimum absolute atomic E-state index is 0.134. The molecule has 25 heavy (non-hydrogen) atoms. The number of thiophene rings is 1. The number of piperazine rings is 1. The van der Waals surface area contributed by atoms with Crippen LogP contribution in [0.1, 0.15) is 15.2 Å². The van der Waals surface area contributed by atoms with Crippen molar-refractivity contribution in [3.05, 3.63) is 55.0 Å². The molecule has 0 N–H and O–H groups in total. The molecule has 0 unspecified atom stereocenters. The van der Waals surface area contributed by atoms with Gasteiger partial charge in [0.15, 0.2) is 4.96 Å². The summed E-state index contributed by atoms with van der Waals surface area (Å²) in [7, 11) is 0. The Bertz CT molecular complexity index is 972. The third-order valence-corrected chi connectivity index (χ3v) is 6.23. The van der Waals surface area contributed by atoms with Gasteiger partial charge in [-0.1, -0.05) is 11.6 Å². The summed E-state index contributed by atoms with van der Waals surface area (Å²) in [6.45, 7) is 3.59. The lowest BCUT2D eigenvalue weighted by Crippen LogP contribution is -2.49. The molecule has 0 spiro atoms. The average Bonchev–Trinajstić information content (AvgIpc) is 3.25. The summed E-state index contributed by atoms with van der Waals surface area (Å²) in [6, 6.07) is 3.94. The molecule has 1 amide bonds. The van der Waals surface area contributed by atoms with Crippen LogP contribution in [0.5, 0.6) is 0 Å². The van der Waals surface area contributed by atoms with E-state index in [1.54, 1.807) is 27.8 Å². The summed E-state index contributed by atoms with van der Waals surface area (Å²) < 4.78 is 2.22. The summed E-state index contributed by atoms with van der Waals surface area (Å²) in [5.74, 6) is -0.239. The first-order chi connectivity index (χ1) is 12.1. The topological polar surface area (TPSA) is 57.9 Å². The second kappa shape index (κ2) is 6.87. The van der Waals surface area contributed by atoms with Crippen LogP contribution < -0.4 is 5.56 Å². The number of hydrogen-bond acceptors (Lipinski definition) is 6. The summed E-state index contributed by atoms with van der Waals surface area (Å²) >= 11 is 8.92. The molecule has 1 aliphatic heterocycles. The van der Waals surface area contributed by atoms with Crippen molar-refractivity contribution in [3.8, 4) is 0 Å². The van der Waals surface area contributed by atoms with Gasteiger partial charge >= 0.3 is 0 Å². The largest absolute Gasteiger partial charge is 0.336 e. The third-order valence-electron chi connectivity index (χ3n) is 4.24. The van der Waals surface area contributed by atoms with Crippen molar-refractivity contribution in [2.75, 3.05) is 26.2 Å². The number of carbonyl (C=O) groups is 1. The lowest BCUT2D eigenvalue weighted by atomic mass is 10.2. The fraction of sp³-hybridized carbons (Fsp3) is 0.312. The van der Waals surface area contributed by atoms with Crippen molar-refractivity contribution in [2.45, 2.75) is 6.54 Å². The van der Waals surface area contributed by atoms with Crippen LogP contribution in [0, 0.1) is 0 Å². The van der Waals surface area contributed by atoms with E-state index in [4.69, 9.17) is 11.6 Å². The Kier molecular flexibility index (Phi) is 4.60. The number of aromatic nitrogens is 2. The van der Waals surface area contributed by atoms with E-state index in [1.807, 2.05) is 12.1 Å². The summed E-state index contributed by atoms with van der Waals surface area (Å²) in [6.07, 6.45) is 3.05. The van der Waals surface area contributed by atoms with Crippen LogP contribution in [0.4, 0.5) is 0 Å². The van der Waals surface area contributed by atoms with Crippen molar-refractivity contribution in [1.29, 1.82) is 0 Å². The number of amides is 1. The van der Waals surface area contributed by atoms with Gasteiger partial charge in [0, 0.05) is 55.4 Å². The Hall–Kier alpha value is -1.74. The zero-order chi connectivity index (χ0) is 17.4. The second-order valence-corrected chi connectivity index (χ2v) is 8.48. The molecule has 0 saturated carbocycles. The second-order valence-electron chi connectivity index (χ2n) is 5.81. The summed E-state index contributed by atoms with van der Waals surface area (Å²) in [4.78, 5) is 35.2. The Balaban J connectivity index is 1.43. The van der Waals surface area contributed by atoms with Crippen molar-refractivity contribution in [1.82, 2.24) is 19.2 Å². The average molecular weight is 395 g/mol. The standard InChI is InChI=1S/C16H15ClN4O2S2/c17-13-2-1-11(25-13)10-19-3-5-20(6-4-19)14(22)12-9-18-16-21(15(12)23)7-8-24-16/h1-2,7-9H,3-6,10H2. The zero-order valence-corrected chi connectivity index (χ0v) is 15.6. The van der Waals surface area contributed by atoms with Gasteiger partial charge in [-0.05, 0) is 12.1 Å². The highest BCUT2D eigenvalue weighted by molar-refractivity contribution is 7.16. The maximum absolute atomic E-state index is 12.7. The predicted molar refractivity (Wildman–Crippen MR) is 99.8 cm³/mol. The van der Waals surface area contributed by atoms with Crippen LogP contribution in [0.3, 0.4) is 0 Å². The van der Waals surface area contributed by atoms with Crippen molar-refractivity contribution < 1.29 is 4.79 Å². The van der Waals surface area contributed by atoms with E-state index in [0.717, 1.165) is 24.0 Å². The Morgan fingerprint density at radius 2 is 2.04 bits per heavy atom. The first kappa shape index (κ1) is 16.7. The highest BCUT2D eigenvalue weighted by atomic mass is 35.5.